The number of nitrogens with two attached hydrogens (primary N) is 1. The van der Waals surface area contributed by atoms with Crippen LogP contribution in [0.4, 0.5) is 10.1 Å². The van der Waals surface area contributed by atoms with Gasteiger partial charge in [0.15, 0.2) is 0 Å². The minimum absolute atomic E-state index is 0.257. The first-order valence-corrected chi connectivity index (χ1v) is 6.06. The maximum absolute atomic E-state index is 12.8. The molecular weight excluding hydrogens is 229 g/mol. The molecule has 0 aliphatic carbocycles. The fourth-order valence-corrected chi connectivity index (χ4v) is 1.45. The minimum Gasteiger partial charge on any atom is -0.402 e. The van der Waals surface area contributed by atoms with E-state index in [1.165, 1.54) is 12.1 Å². The second-order valence-corrected chi connectivity index (χ2v) is 4.24. The minimum atomic E-state index is -0.257. The zero-order chi connectivity index (χ0) is 13.5. The zero-order valence-electron chi connectivity index (χ0n) is 11.1. The van der Waals surface area contributed by atoms with E-state index >= 15 is 0 Å². The maximum atomic E-state index is 12.8. The number of hydrogen-bond acceptors (Lipinski definition) is 3. The van der Waals surface area contributed by atoms with E-state index in [1.807, 2.05) is 13.8 Å². The van der Waals surface area contributed by atoms with Gasteiger partial charge in [-0.25, -0.2) is 4.39 Å². The second kappa shape index (κ2) is 6.79. The predicted octanol–water partition coefficient (Wildman–Crippen LogP) is 3.65. The van der Waals surface area contributed by atoms with Gasteiger partial charge in [-0.05, 0) is 50.1 Å². The van der Waals surface area contributed by atoms with Crippen LogP contribution in [0.2, 0.25) is 0 Å². The summed E-state index contributed by atoms with van der Waals surface area (Å²) in [7, 11) is 0. The van der Waals surface area contributed by atoms with Crippen LogP contribution in [0.15, 0.2) is 40.6 Å². The highest BCUT2D eigenvalue weighted by atomic mass is 19.1. The number of benzene rings is 1. The number of rotatable bonds is 5. The molecule has 0 aromatic heterocycles. The summed E-state index contributed by atoms with van der Waals surface area (Å²) in [5.74, 6) is -0.257. The summed E-state index contributed by atoms with van der Waals surface area (Å²) in [6.07, 6.45) is 1.85. The van der Waals surface area contributed by atoms with Crippen molar-refractivity contribution >= 4 is 11.4 Å². The van der Waals surface area contributed by atoms with Gasteiger partial charge in [0.1, 0.15) is 5.82 Å². The lowest BCUT2D eigenvalue weighted by atomic mass is 10.1. The number of halogens is 1. The number of hydrazone groups is 1. The van der Waals surface area contributed by atoms with Gasteiger partial charge in [0.25, 0.3) is 0 Å². The van der Waals surface area contributed by atoms with E-state index in [4.69, 9.17) is 5.73 Å². The average molecular weight is 249 g/mol. The van der Waals surface area contributed by atoms with Crippen molar-refractivity contribution in [1.82, 2.24) is 0 Å². The molecular formula is C14H20FN3. The fraction of sp³-hybridized carbons (Fsp3) is 0.357. The van der Waals surface area contributed by atoms with Crippen molar-refractivity contribution in [2.45, 2.75) is 33.6 Å². The van der Waals surface area contributed by atoms with Crippen molar-refractivity contribution in [1.29, 1.82) is 0 Å². The van der Waals surface area contributed by atoms with Crippen molar-refractivity contribution in [3.63, 3.8) is 0 Å². The van der Waals surface area contributed by atoms with Gasteiger partial charge in [0.05, 0.1) is 11.4 Å². The van der Waals surface area contributed by atoms with Gasteiger partial charge in [0, 0.05) is 5.70 Å². The van der Waals surface area contributed by atoms with E-state index in [2.05, 4.69) is 17.5 Å². The maximum Gasteiger partial charge on any atom is 0.123 e. The van der Waals surface area contributed by atoms with Gasteiger partial charge in [-0.2, -0.15) is 5.10 Å². The van der Waals surface area contributed by atoms with Gasteiger partial charge in [-0.1, -0.05) is 13.3 Å². The topological polar surface area (TPSA) is 50.4 Å². The quantitative estimate of drug-likeness (QED) is 0.618. The summed E-state index contributed by atoms with van der Waals surface area (Å²) in [6.45, 7) is 5.90. The van der Waals surface area contributed by atoms with E-state index < -0.39 is 0 Å². The van der Waals surface area contributed by atoms with E-state index in [0.717, 1.165) is 35.5 Å². The largest absolute Gasteiger partial charge is 0.402 e. The van der Waals surface area contributed by atoms with Crippen LogP contribution in [0, 0.1) is 5.82 Å². The molecule has 0 aliphatic rings. The van der Waals surface area contributed by atoms with E-state index in [0.29, 0.717) is 0 Å². The van der Waals surface area contributed by atoms with Gasteiger partial charge in [-0.15, -0.1) is 0 Å². The molecule has 3 nitrogen and oxygen atoms in total. The Morgan fingerprint density at radius 1 is 1.28 bits per heavy atom. The van der Waals surface area contributed by atoms with Crippen LogP contribution in [0.5, 0.6) is 0 Å². The smallest absolute Gasteiger partial charge is 0.123 e. The Bertz CT molecular complexity index is 443. The van der Waals surface area contributed by atoms with Gasteiger partial charge < -0.3 is 5.73 Å². The first kappa shape index (κ1) is 14.2. The van der Waals surface area contributed by atoms with E-state index in [1.54, 1.807) is 12.1 Å². The average Bonchev–Trinajstić information content (AvgIpc) is 2.35. The molecule has 0 heterocycles. The molecule has 1 aromatic carbocycles. The molecule has 4 heteroatoms. The molecule has 98 valence electrons. The number of nitrogens with zero attached hydrogens (tertiary/aromatic N) is 1. The van der Waals surface area contributed by atoms with Crippen molar-refractivity contribution in [2.75, 3.05) is 5.43 Å². The zero-order valence-corrected chi connectivity index (χ0v) is 11.1. The third-order valence-corrected chi connectivity index (χ3v) is 2.68. The van der Waals surface area contributed by atoms with Crippen LogP contribution in [0.1, 0.15) is 33.6 Å². The number of nitrogens with one attached hydrogen (secondary N) is 1. The van der Waals surface area contributed by atoms with Crippen molar-refractivity contribution < 1.29 is 4.39 Å². The Morgan fingerprint density at radius 3 is 2.39 bits per heavy atom. The van der Waals surface area contributed by atoms with E-state index in [-0.39, 0.29) is 5.82 Å². The highest BCUT2D eigenvalue weighted by molar-refractivity contribution is 6.00. The molecule has 0 bridgehead atoms. The Morgan fingerprint density at radius 2 is 1.89 bits per heavy atom. The summed E-state index contributed by atoms with van der Waals surface area (Å²) in [6, 6.07) is 6.09. The molecule has 18 heavy (non-hydrogen) atoms. The number of allylic oxidation sites excluding steroid dienone is 2. The van der Waals surface area contributed by atoms with Crippen LogP contribution >= 0.6 is 0 Å². The number of anilines is 1. The van der Waals surface area contributed by atoms with Gasteiger partial charge in [-0.3, -0.25) is 5.43 Å². The van der Waals surface area contributed by atoms with Crippen molar-refractivity contribution in [3.05, 3.63) is 41.4 Å². The first-order valence-electron chi connectivity index (χ1n) is 6.06. The Kier molecular flexibility index (Phi) is 5.36. The Balaban J connectivity index is 2.84. The summed E-state index contributed by atoms with van der Waals surface area (Å²) >= 11 is 0. The third-order valence-electron chi connectivity index (χ3n) is 2.68. The van der Waals surface area contributed by atoms with Crippen LogP contribution in [-0.2, 0) is 0 Å². The Hall–Kier alpha value is -1.84. The lowest BCUT2D eigenvalue weighted by Crippen LogP contribution is -2.09. The number of hydrogen-bond donors (Lipinski definition) is 2. The standard InChI is InChI=1S/C14H20FN3/c1-4-5-14(10(2)11(3)16)18-17-13-8-6-12(15)7-9-13/h6-9,17H,4-5,16H2,1-3H3. The highest BCUT2D eigenvalue weighted by Crippen LogP contribution is 2.11. The Labute approximate surface area is 108 Å². The van der Waals surface area contributed by atoms with Crippen molar-refractivity contribution in [2.24, 2.45) is 10.8 Å². The molecule has 0 amide bonds. The summed E-state index contributed by atoms with van der Waals surface area (Å²) in [5.41, 5.74) is 12.1. The van der Waals surface area contributed by atoms with Gasteiger partial charge >= 0.3 is 0 Å². The normalized spacial score (nSPS) is 13.2. The molecule has 0 saturated carbocycles. The predicted molar refractivity (Wildman–Crippen MR) is 74.9 cm³/mol. The van der Waals surface area contributed by atoms with Gasteiger partial charge in [0.2, 0.25) is 0 Å². The fourth-order valence-electron chi connectivity index (χ4n) is 1.45. The van der Waals surface area contributed by atoms with Crippen LogP contribution in [-0.4, -0.2) is 5.71 Å². The highest BCUT2D eigenvalue weighted by Gasteiger charge is 2.03. The third kappa shape index (κ3) is 4.20. The molecule has 3 N–H and O–H groups in total. The van der Waals surface area contributed by atoms with Crippen LogP contribution in [0.25, 0.3) is 0 Å². The lowest BCUT2D eigenvalue weighted by Gasteiger charge is -2.08. The molecule has 0 spiro atoms. The van der Waals surface area contributed by atoms with Crippen LogP contribution < -0.4 is 11.2 Å². The summed E-state index contributed by atoms with van der Waals surface area (Å²) in [4.78, 5) is 0. The summed E-state index contributed by atoms with van der Waals surface area (Å²) in [5, 5.41) is 4.34. The molecule has 0 radical (unpaired) electrons. The molecule has 0 saturated heterocycles. The second-order valence-electron chi connectivity index (χ2n) is 4.24. The van der Waals surface area contributed by atoms with Crippen molar-refractivity contribution in [3.8, 4) is 0 Å². The monoisotopic (exact) mass is 249 g/mol. The SMILES string of the molecule is CCCC(=NNc1ccc(F)cc1)C(C)=C(C)N. The first-order chi connectivity index (χ1) is 8.54. The molecule has 1 aromatic rings. The van der Waals surface area contributed by atoms with E-state index in [9.17, 15) is 4.39 Å². The lowest BCUT2D eigenvalue weighted by molar-refractivity contribution is 0.628. The molecule has 0 atom stereocenters. The summed E-state index contributed by atoms with van der Waals surface area (Å²) < 4.78 is 12.8. The molecule has 0 unspecified atom stereocenters. The molecule has 0 aliphatic heterocycles. The van der Waals surface area contributed by atoms with Crippen LogP contribution in [0.3, 0.4) is 0 Å². The molecule has 0 fully saturated rings. The molecule has 1 rings (SSSR count).